The first-order valence-corrected chi connectivity index (χ1v) is 5.31. The van der Waals surface area contributed by atoms with E-state index in [1.54, 1.807) is 42.7 Å². The van der Waals surface area contributed by atoms with Gasteiger partial charge in [0, 0.05) is 18.0 Å². The zero-order valence-corrected chi connectivity index (χ0v) is 9.45. The van der Waals surface area contributed by atoms with E-state index in [-0.39, 0.29) is 12.6 Å². The predicted octanol–water partition coefficient (Wildman–Crippen LogP) is 2.57. The Hall–Kier alpha value is -2.27. The number of hydrogen-bond acceptors (Lipinski definition) is 4. The van der Waals surface area contributed by atoms with Gasteiger partial charge in [-0.2, -0.15) is 0 Å². The van der Waals surface area contributed by atoms with E-state index in [1.165, 1.54) is 0 Å². The summed E-state index contributed by atoms with van der Waals surface area (Å²) in [6.07, 6.45) is 4.23. The van der Waals surface area contributed by atoms with Crippen molar-refractivity contribution >= 4 is 5.83 Å². The van der Waals surface area contributed by atoms with Crippen LogP contribution in [0.5, 0.6) is 11.8 Å². The molecule has 0 spiro atoms. The molecule has 0 aliphatic rings. The van der Waals surface area contributed by atoms with Gasteiger partial charge in [-0.25, -0.2) is 14.4 Å². The maximum atomic E-state index is 13.3. The molecule has 0 saturated carbocycles. The Balaban J connectivity index is 2.11. The Kier molecular flexibility index (Phi) is 3.98. The largest absolute Gasteiger partial charge is 0.424 e. The quantitative estimate of drug-likeness (QED) is 0.900. The minimum absolute atomic E-state index is 0.233. The van der Waals surface area contributed by atoms with Gasteiger partial charge in [0.15, 0.2) is 0 Å². The molecule has 5 heteroatoms. The number of rotatable bonds is 4. The van der Waals surface area contributed by atoms with Crippen molar-refractivity contribution < 1.29 is 14.2 Å². The van der Waals surface area contributed by atoms with Gasteiger partial charge in [0.1, 0.15) is 11.6 Å². The van der Waals surface area contributed by atoms with Crippen LogP contribution in [-0.2, 0) is 0 Å². The third-order valence-corrected chi connectivity index (χ3v) is 2.15. The van der Waals surface area contributed by atoms with Gasteiger partial charge in [-0.3, -0.25) is 0 Å². The van der Waals surface area contributed by atoms with Gasteiger partial charge in [0.25, 0.3) is 0 Å². The third-order valence-electron chi connectivity index (χ3n) is 2.15. The summed E-state index contributed by atoms with van der Waals surface area (Å²) >= 11 is 0. The summed E-state index contributed by atoms with van der Waals surface area (Å²) in [5, 5.41) is 8.59. The first-order chi connectivity index (χ1) is 8.79. The van der Waals surface area contributed by atoms with Gasteiger partial charge in [-0.15, -0.1) is 0 Å². The summed E-state index contributed by atoms with van der Waals surface area (Å²) < 4.78 is 18.7. The highest BCUT2D eigenvalue weighted by atomic mass is 19.1. The summed E-state index contributed by atoms with van der Waals surface area (Å²) in [7, 11) is 0. The summed E-state index contributed by atoms with van der Waals surface area (Å²) in [6.45, 7) is -0.331. The average Bonchev–Trinajstić information content (AvgIpc) is 2.41. The van der Waals surface area contributed by atoms with Crippen LogP contribution in [0.2, 0.25) is 0 Å². The van der Waals surface area contributed by atoms with Gasteiger partial charge in [-0.05, 0) is 36.4 Å². The highest BCUT2D eigenvalue weighted by Crippen LogP contribution is 2.21. The number of ether oxygens (including phenoxy) is 1. The lowest BCUT2D eigenvalue weighted by Gasteiger charge is -2.03. The van der Waals surface area contributed by atoms with Crippen molar-refractivity contribution in [3.8, 4) is 11.8 Å². The highest BCUT2D eigenvalue weighted by Gasteiger charge is 2.02. The molecule has 0 fully saturated rings. The average molecular weight is 246 g/mol. The number of benzene rings is 1. The molecule has 0 amide bonds. The molecular weight excluding hydrogens is 235 g/mol. The SMILES string of the molecule is OC/C=C(/F)c1ccc(Oc2ncccn2)cc1. The molecule has 2 aromatic rings. The molecule has 0 saturated heterocycles. The van der Waals surface area contributed by atoms with Crippen molar-refractivity contribution in [2.75, 3.05) is 6.61 Å². The minimum Gasteiger partial charge on any atom is -0.424 e. The van der Waals surface area contributed by atoms with E-state index >= 15 is 0 Å². The molecule has 2 rings (SSSR count). The van der Waals surface area contributed by atoms with E-state index < -0.39 is 5.83 Å². The molecule has 1 aromatic heterocycles. The van der Waals surface area contributed by atoms with Crippen molar-refractivity contribution in [1.82, 2.24) is 9.97 Å². The first-order valence-electron chi connectivity index (χ1n) is 5.31. The lowest BCUT2D eigenvalue weighted by atomic mass is 10.2. The second-order valence-electron chi connectivity index (χ2n) is 3.39. The van der Waals surface area contributed by atoms with Crippen LogP contribution in [0.25, 0.3) is 5.83 Å². The number of aromatic nitrogens is 2. The van der Waals surface area contributed by atoms with Crippen LogP contribution in [-0.4, -0.2) is 21.7 Å². The van der Waals surface area contributed by atoms with Crippen molar-refractivity contribution in [2.24, 2.45) is 0 Å². The number of hydrogen-bond donors (Lipinski definition) is 1. The normalized spacial score (nSPS) is 11.3. The van der Waals surface area contributed by atoms with Crippen LogP contribution >= 0.6 is 0 Å². The minimum atomic E-state index is -0.472. The number of aliphatic hydroxyl groups is 1. The molecule has 1 heterocycles. The molecule has 0 aliphatic heterocycles. The Morgan fingerprint density at radius 1 is 1.22 bits per heavy atom. The Labute approximate surface area is 103 Å². The third kappa shape index (κ3) is 3.11. The van der Waals surface area contributed by atoms with Crippen molar-refractivity contribution in [3.05, 3.63) is 54.4 Å². The van der Waals surface area contributed by atoms with Crippen LogP contribution in [0.15, 0.2) is 48.8 Å². The number of halogens is 1. The molecule has 0 aliphatic carbocycles. The van der Waals surface area contributed by atoms with Crippen LogP contribution in [0.1, 0.15) is 5.56 Å². The fourth-order valence-electron chi connectivity index (χ4n) is 1.32. The fourth-order valence-corrected chi connectivity index (χ4v) is 1.32. The molecule has 4 nitrogen and oxygen atoms in total. The Bertz CT molecular complexity index is 526. The van der Waals surface area contributed by atoms with E-state index in [0.717, 1.165) is 6.08 Å². The Morgan fingerprint density at radius 3 is 2.50 bits per heavy atom. The molecule has 0 atom stereocenters. The van der Waals surface area contributed by atoms with Gasteiger partial charge in [0.05, 0.1) is 6.61 Å². The second-order valence-corrected chi connectivity index (χ2v) is 3.39. The smallest absolute Gasteiger partial charge is 0.321 e. The lowest BCUT2D eigenvalue weighted by Crippen LogP contribution is -1.90. The van der Waals surface area contributed by atoms with Crippen LogP contribution in [0.3, 0.4) is 0 Å². The molecule has 18 heavy (non-hydrogen) atoms. The summed E-state index contributed by atoms with van der Waals surface area (Å²) in [5.41, 5.74) is 0.380. The highest BCUT2D eigenvalue weighted by molar-refractivity contribution is 5.59. The van der Waals surface area contributed by atoms with Gasteiger partial charge in [-0.1, -0.05) is 0 Å². The van der Waals surface area contributed by atoms with E-state index in [2.05, 4.69) is 9.97 Å². The monoisotopic (exact) mass is 246 g/mol. The molecular formula is C13H11FN2O2. The van der Waals surface area contributed by atoms with Crippen molar-refractivity contribution in [2.45, 2.75) is 0 Å². The van der Waals surface area contributed by atoms with Gasteiger partial charge < -0.3 is 9.84 Å². The summed E-state index contributed by atoms with van der Waals surface area (Å²) in [4.78, 5) is 7.82. The second kappa shape index (κ2) is 5.88. The maximum Gasteiger partial charge on any atom is 0.321 e. The topological polar surface area (TPSA) is 55.2 Å². The molecule has 0 unspecified atom stereocenters. The van der Waals surface area contributed by atoms with Crippen molar-refractivity contribution in [3.63, 3.8) is 0 Å². The first kappa shape index (κ1) is 12.2. The lowest BCUT2D eigenvalue weighted by molar-refractivity contribution is 0.342. The van der Waals surface area contributed by atoms with Crippen LogP contribution in [0.4, 0.5) is 4.39 Å². The van der Waals surface area contributed by atoms with Crippen molar-refractivity contribution in [1.29, 1.82) is 0 Å². The predicted molar refractivity (Wildman–Crippen MR) is 64.7 cm³/mol. The van der Waals surface area contributed by atoms with Crippen LogP contribution in [0, 0.1) is 0 Å². The van der Waals surface area contributed by atoms with Gasteiger partial charge >= 0.3 is 6.01 Å². The fraction of sp³-hybridized carbons (Fsp3) is 0.0769. The molecule has 1 aromatic carbocycles. The van der Waals surface area contributed by atoms with Gasteiger partial charge in [0.2, 0.25) is 0 Å². The zero-order valence-electron chi connectivity index (χ0n) is 9.45. The molecule has 1 N–H and O–H groups in total. The Morgan fingerprint density at radius 2 is 1.89 bits per heavy atom. The molecule has 0 bridgehead atoms. The maximum absolute atomic E-state index is 13.3. The molecule has 92 valence electrons. The van der Waals surface area contributed by atoms with E-state index in [0.29, 0.717) is 11.3 Å². The summed E-state index contributed by atoms with van der Waals surface area (Å²) in [6, 6.07) is 8.24. The zero-order chi connectivity index (χ0) is 12.8. The molecule has 0 radical (unpaired) electrons. The van der Waals surface area contributed by atoms with Crippen LogP contribution < -0.4 is 4.74 Å². The van der Waals surface area contributed by atoms with E-state index in [1.807, 2.05) is 0 Å². The number of nitrogens with zero attached hydrogens (tertiary/aromatic N) is 2. The van der Waals surface area contributed by atoms with E-state index in [9.17, 15) is 4.39 Å². The van der Waals surface area contributed by atoms with E-state index in [4.69, 9.17) is 9.84 Å². The standard InChI is InChI=1S/C13H11FN2O2/c14-12(6-9-17)10-2-4-11(5-3-10)18-13-15-7-1-8-16-13/h1-8,17H,9H2/b12-6+. The summed E-state index contributed by atoms with van der Waals surface area (Å²) in [5.74, 6) is 0.0433. The number of aliphatic hydroxyl groups excluding tert-OH is 1.